The molecule has 1 atom stereocenters. The Balaban J connectivity index is 1.72. The van der Waals surface area contributed by atoms with Crippen LogP contribution in [0.2, 0.25) is 0 Å². The Kier molecular flexibility index (Phi) is 5.69. The highest BCUT2D eigenvalue weighted by molar-refractivity contribution is 9.10. The normalized spacial score (nSPS) is 17.7. The molecule has 4 nitrogen and oxygen atoms in total. The van der Waals surface area contributed by atoms with E-state index in [0.717, 1.165) is 34.0 Å². The molecular weight excluding hydrogens is 367 g/mol. The van der Waals surface area contributed by atoms with Gasteiger partial charge in [-0.25, -0.2) is 0 Å². The van der Waals surface area contributed by atoms with E-state index in [9.17, 15) is 0 Å². The molecule has 2 aromatic rings. The molecule has 3 rings (SSSR count). The highest BCUT2D eigenvalue weighted by Crippen LogP contribution is 2.33. The van der Waals surface area contributed by atoms with Crippen LogP contribution in [-0.4, -0.2) is 39.0 Å². The summed E-state index contributed by atoms with van der Waals surface area (Å²) in [5.74, 6) is 2.42. The highest BCUT2D eigenvalue weighted by atomic mass is 79.9. The van der Waals surface area contributed by atoms with Crippen LogP contribution in [0.5, 0.6) is 17.2 Å². The zero-order valence-electron chi connectivity index (χ0n) is 14.1. The maximum Gasteiger partial charge on any atom is 0.185 e. The van der Waals surface area contributed by atoms with E-state index in [1.165, 1.54) is 19.4 Å². The minimum atomic E-state index is 0.586. The fourth-order valence-electron chi connectivity index (χ4n) is 2.96. The molecule has 0 amide bonds. The van der Waals surface area contributed by atoms with Gasteiger partial charge < -0.3 is 19.6 Å². The lowest BCUT2D eigenvalue weighted by Crippen LogP contribution is -2.32. The van der Waals surface area contributed by atoms with Gasteiger partial charge >= 0.3 is 0 Å². The van der Waals surface area contributed by atoms with Crippen LogP contribution in [0.1, 0.15) is 12.8 Å². The predicted molar refractivity (Wildman–Crippen MR) is 104 cm³/mol. The summed E-state index contributed by atoms with van der Waals surface area (Å²) in [6.07, 6.45) is 2.52. The van der Waals surface area contributed by atoms with Gasteiger partial charge in [0.25, 0.3) is 0 Å². The number of rotatable bonds is 6. The number of halogens is 1. The molecule has 1 saturated heterocycles. The molecule has 1 aliphatic heterocycles. The van der Waals surface area contributed by atoms with Crippen molar-refractivity contribution >= 4 is 29.6 Å². The molecule has 0 bridgehead atoms. The van der Waals surface area contributed by atoms with Gasteiger partial charge in [0.15, 0.2) is 13.7 Å². The minimum absolute atomic E-state index is 0.586. The number of hydrogen-bond donors (Lipinski definition) is 1. The molecular formula is C18H22BBrN2O2. The first-order valence-corrected chi connectivity index (χ1v) is 9.00. The number of nitrogens with one attached hydrogen (secondary N) is 1. The summed E-state index contributed by atoms with van der Waals surface area (Å²) < 4.78 is 12.3. The molecule has 2 aromatic carbocycles. The summed E-state index contributed by atoms with van der Waals surface area (Å²) in [6, 6.07) is 14.3. The number of nitrogens with zero attached hydrogens (tertiary/aromatic N) is 1. The average Bonchev–Trinajstić information content (AvgIpc) is 3.00. The summed E-state index contributed by atoms with van der Waals surface area (Å²) in [7, 11) is 3.85. The van der Waals surface area contributed by atoms with Crippen molar-refractivity contribution in [3.05, 3.63) is 46.9 Å². The molecule has 0 radical (unpaired) electrons. The Labute approximate surface area is 152 Å². The van der Waals surface area contributed by atoms with E-state index in [1.54, 1.807) is 7.11 Å². The third kappa shape index (κ3) is 4.25. The zero-order valence-corrected chi connectivity index (χ0v) is 15.7. The molecule has 6 heteroatoms. The van der Waals surface area contributed by atoms with Gasteiger partial charge in [0.05, 0.1) is 12.8 Å². The Morgan fingerprint density at radius 2 is 1.96 bits per heavy atom. The number of methoxy groups -OCH3 is 1. The first-order valence-electron chi connectivity index (χ1n) is 8.21. The second-order valence-corrected chi connectivity index (χ2v) is 6.99. The Hall–Kier alpha value is -1.66. The van der Waals surface area contributed by atoms with Gasteiger partial charge in [0.1, 0.15) is 11.5 Å². The third-order valence-corrected chi connectivity index (χ3v) is 4.92. The second-order valence-electron chi connectivity index (χ2n) is 6.08. The van der Waals surface area contributed by atoms with E-state index in [1.807, 2.05) is 36.4 Å². The van der Waals surface area contributed by atoms with Gasteiger partial charge in [-0.15, -0.1) is 0 Å². The molecule has 1 fully saturated rings. The predicted octanol–water partition coefficient (Wildman–Crippen LogP) is 3.67. The maximum absolute atomic E-state index is 6.07. The van der Waals surface area contributed by atoms with Crippen LogP contribution in [0.25, 0.3) is 0 Å². The standard InChI is InChI=1S/C18H22BBrN2O2/c1-23-15-5-7-16(8-6-15)24-18-11-13(20)4-9-17(18)21-12-14-3-2-10-22(14)19/h4-9,11,14,21H,2-3,10,12,19H2,1H3/t14-/m0/s1. The lowest BCUT2D eigenvalue weighted by molar-refractivity contribution is 0.413. The largest absolute Gasteiger partial charge is 0.497 e. The molecule has 1 heterocycles. The van der Waals surface area contributed by atoms with Crippen molar-refractivity contribution in [1.82, 2.24) is 4.81 Å². The van der Waals surface area contributed by atoms with Crippen molar-refractivity contribution in [3.63, 3.8) is 0 Å². The van der Waals surface area contributed by atoms with Gasteiger partial charge in [0.2, 0.25) is 0 Å². The van der Waals surface area contributed by atoms with E-state index in [2.05, 4.69) is 40.1 Å². The first kappa shape index (κ1) is 17.2. The fraction of sp³-hybridized carbons (Fsp3) is 0.333. The summed E-state index contributed by atoms with van der Waals surface area (Å²) in [4.78, 5) is 2.41. The monoisotopic (exact) mass is 388 g/mol. The third-order valence-electron chi connectivity index (χ3n) is 4.43. The molecule has 0 unspecified atom stereocenters. The maximum atomic E-state index is 6.07. The molecule has 126 valence electrons. The van der Waals surface area contributed by atoms with Gasteiger partial charge in [0, 0.05) is 17.1 Å². The van der Waals surface area contributed by atoms with Crippen LogP contribution in [0, 0.1) is 0 Å². The van der Waals surface area contributed by atoms with Crippen LogP contribution >= 0.6 is 15.9 Å². The van der Waals surface area contributed by atoms with Crippen LogP contribution in [-0.2, 0) is 0 Å². The zero-order chi connectivity index (χ0) is 16.9. The van der Waals surface area contributed by atoms with Gasteiger partial charge in [-0.2, -0.15) is 0 Å². The van der Waals surface area contributed by atoms with Gasteiger partial charge in [-0.1, -0.05) is 15.9 Å². The summed E-state index contributed by atoms with van der Waals surface area (Å²) in [5.41, 5.74) is 1.01. The number of benzene rings is 2. The molecule has 1 aliphatic rings. The van der Waals surface area contributed by atoms with Gasteiger partial charge in [-0.05, 0) is 61.9 Å². The summed E-state index contributed by atoms with van der Waals surface area (Å²) in [5, 5.41) is 3.54. The van der Waals surface area contributed by atoms with Crippen molar-refractivity contribution in [2.45, 2.75) is 18.9 Å². The van der Waals surface area contributed by atoms with Gasteiger partial charge in [-0.3, -0.25) is 0 Å². The minimum Gasteiger partial charge on any atom is -0.497 e. The van der Waals surface area contributed by atoms with Crippen LogP contribution in [0.4, 0.5) is 5.69 Å². The lowest BCUT2D eigenvalue weighted by Gasteiger charge is -2.22. The van der Waals surface area contributed by atoms with E-state index in [4.69, 9.17) is 9.47 Å². The SMILES string of the molecule is BN1CCC[C@H]1CNc1ccc(Br)cc1Oc1ccc(OC)cc1. The fourth-order valence-corrected chi connectivity index (χ4v) is 3.30. The number of hydrogen-bond acceptors (Lipinski definition) is 4. The van der Waals surface area contributed by atoms with E-state index in [-0.39, 0.29) is 0 Å². The number of anilines is 1. The Morgan fingerprint density at radius 1 is 1.21 bits per heavy atom. The molecule has 0 aliphatic carbocycles. The van der Waals surface area contributed by atoms with Crippen LogP contribution in [0.15, 0.2) is 46.9 Å². The van der Waals surface area contributed by atoms with Crippen LogP contribution in [0.3, 0.4) is 0 Å². The Bertz CT molecular complexity index is 681. The van der Waals surface area contributed by atoms with E-state index in [0.29, 0.717) is 6.04 Å². The van der Waals surface area contributed by atoms with Crippen molar-refractivity contribution in [1.29, 1.82) is 0 Å². The Morgan fingerprint density at radius 3 is 2.62 bits per heavy atom. The second kappa shape index (κ2) is 7.95. The smallest absolute Gasteiger partial charge is 0.185 e. The number of ether oxygens (including phenoxy) is 2. The molecule has 24 heavy (non-hydrogen) atoms. The molecule has 0 aromatic heterocycles. The van der Waals surface area contributed by atoms with E-state index >= 15 is 0 Å². The summed E-state index contributed by atoms with van der Waals surface area (Å²) >= 11 is 3.52. The quantitative estimate of drug-likeness (QED) is 0.765. The van der Waals surface area contributed by atoms with Crippen molar-refractivity contribution in [2.75, 3.05) is 25.5 Å². The van der Waals surface area contributed by atoms with Crippen molar-refractivity contribution in [2.24, 2.45) is 0 Å². The topological polar surface area (TPSA) is 33.7 Å². The van der Waals surface area contributed by atoms with E-state index < -0.39 is 0 Å². The lowest BCUT2D eigenvalue weighted by atomic mass is 10.1. The average molecular weight is 389 g/mol. The highest BCUT2D eigenvalue weighted by Gasteiger charge is 2.20. The molecule has 0 saturated carbocycles. The first-order chi connectivity index (χ1) is 11.7. The van der Waals surface area contributed by atoms with Crippen LogP contribution < -0.4 is 14.8 Å². The summed E-state index contributed by atoms with van der Waals surface area (Å²) in [6.45, 7) is 2.11. The van der Waals surface area contributed by atoms with Crippen molar-refractivity contribution < 1.29 is 9.47 Å². The molecule has 1 N–H and O–H groups in total. The molecule has 0 spiro atoms. The van der Waals surface area contributed by atoms with Crippen molar-refractivity contribution in [3.8, 4) is 17.2 Å².